The highest BCUT2D eigenvalue weighted by Crippen LogP contribution is 2.17. The van der Waals surface area contributed by atoms with Crippen LogP contribution in [0.5, 0.6) is 5.88 Å². The third-order valence-corrected chi connectivity index (χ3v) is 3.73. The smallest absolute Gasteiger partial charge is 0.244 e. The summed E-state index contributed by atoms with van der Waals surface area (Å²) in [5.74, 6) is 1.32. The number of hydrogen-bond acceptors (Lipinski definition) is 6. The van der Waals surface area contributed by atoms with E-state index in [0.29, 0.717) is 19.0 Å². The molecule has 2 aromatic rings. The lowest BCUT2D eigenvalue weighted by molar-refractivity contribution is -0.131. The SMILES string of the molecule is CN(C)c1ccc(O[C@@H]2CCN(C(=O)Cn3cccn3)C2)nn1. The van der Waals surface area contributed by atoms with Crippen LogP contribution in [0.15, 0.2) is 30.6 Å². The molecule has 0 aromatic carbocycles. The number of carbonyl (C=O) groups is 1. The van der Waals surface area contributed by atoms with Gasteiger partial charge in [0.05, 0.1) is 6.54 Å². The van der Waals surface area contributed by atoms with Gasteiger partial charge in [0.2, 0.25) is 11.8 Å². The highest BCUT2D eigenvalue weighted by atomic mass is 16.5. The zero-order valence-corrected chi connectivity index (χ0v) is 13.3. The fourth-order valence-corrected chi connectivity index (χ4v) is 2.47. The summed E-state index contributed by atoms with van der Waals surface area (Å²) in [5.41, 5.74) is 0. The zero-order chi connectivity index (χ0) is 16.2. The molecular weight excluding hydrogens is 296 g/mol. The number of anilines is 1. The lowest BCUT2D eigenvalue weighted by Gasteiger charge is -2.17. The molecule has 0 radical (unpaired) electrons. The summed E-state index contributed by atoms with van der Waals surface area (Å²) in [6.07, 6.45) is 4.20. The van der Waals surface area contributed by atoms with Crippen molar-refractivity contribution in [2.75, 3.05) is 32.1 Å². The maximum atomic E-state index is 12.2. The van der Waals surface area contributed by atoms with Gasteiger partial charge >= 0.3 is 0 Å². The number of aromatic nitrogens is 4. The van der Waals surface area contributed by atoms with Gasteiger partial charge < -0.3 is 14.5 Å². The highest BCUT2D eigenvalue weighted by Gasteiger charge is 2.28. The molecule has 1 aliphatic rings. The summed E-state index contributed by atoms with van der Waals surface area (Å²) in [6.45, 7) is 1.52. The fraction of sp³-hybridized carbons (Fsp3) is 0.467. The van der Waals surface area contributed by atoms with E-state index in [1.807, 2.05) is 25.1 Å². The van der Waals surface area contributed by atoms with Gasteiger partial charge in [-0.05, 0) is 12.1 Å². The average molecular weight is 316 g/mol. The first-order valence-corrected chi connectivity index (χ1v) is 7.55. The molecular formula is C15H20N6O2. The molecule has 1 atom stereocenters. The number of amides is 1. The van der Waals surface area contributed by atoms with Crippen LogP contribution in [-0.2, 0) is 11.3 Å². The molecule has 1 fully saturated rings. The van der Waals surface area contributed by atoms with Crippen LogP contribution in [-0.4, -0.2) is 64.1 Å². The number of ether oxygens (including phenoxy) is 1. The Balaban J connectivity index is 1.52. The van der Waals surface area contributed by atoms with Crippen molar-refractivity contribution < 1.29 is 9.53 Å². The second-order valence-electron chi connectivity index (χ2n) is 5.70. The second kappa shape index (κ2) is 6.64. The van der Waals surface area contributed by atoms with Crippen molar-refractivity contribution in [3.05, 3.63) is 30.6 Å². The van der Waals surface area contributed by atoms with Crippen molar-refractivity contribution in [3.63, 3.8) is 0 Å². The second-order valence-corrected chi connectivity index (χ2v) is 5.70. The van der Waals surface area contributed by atoms with E-state index in [9.17, 15) is 4.79 Å². The summed E-state index contributed by atoms with van der Waals surface area (Å²) in [7, 11) is 3.81. The molecule has 0 spiro atoms. The molecule has 1 aliphatic heterocycles. The van der Waals surface area contributed by atoms with E-state index in [1.54, 1.807) is 34.1 Å². The maximum Gasteiger partial charge on any atom is 0.244 e. The Morgan fingerprint density at radius 3 is 2.91 bits per heavy atom. The molecule has 122 valence electrons. The van der Waals surface area contributed by atoms with Gasteiger partial charge in [-0.25, -0.2) is 0 Å². The van der Waals surface area contributed by atoms with Crippen molar-refractivity contribution in [1.29, 1.82) is 0 Å². The van der Waals surface area contributed by atoms with Crippen LogP contribution in [0.25, 0.3) is 0 Å². The predicted octanol–water partition coefficient (Wildman–Crippen LogP) is 0.419. The molecule has 0 bridgehead atoms. The fourth-order valence-electron chi connectivity index (χ4n) is 2.47. The lowest BCUT2D eigenvalue weighted by atomic mass is 10.3. The van der Waals surface area contributed by atoms with E-state index < -0.39 is 0 Å². The van der Waals surface area contributed by atoms with E-state index in [-0.39, 0.29) is 18.6 Å². The molecule has 0 aliphatic carbocycles. The Morgan fingerprint density at radius 1 is 1.39 bits per heavy atom. The number of hydrogen-bond donors (Lipinski definition) is 0. The standard InChI is InChI=1S/C15H20N6O2/c1-19(2)13-4-5-14(18-17-13)23-12-6-9-20(10-12)15(22)11-21-8-3-7-16-21/h3-5,7-8,12H,6,9-11H2,1-2H3/t12-/m1/s1. The Kier molecular flexibility index (Phi) is 4.40. The molecule has 2 aromatic heterocycles. The van der Waals surface area contributed by atoms with Crippen molar-refractivity contribution in [3.8, 4) is 5.88 Å². The van der Waals surface area contributed by atoms with Crippen LogP contribution in [0.4, 0.5) is 5.82 Å². The van der Waals surface area contributed by atoms with Crippen LogP contribution in [0.2, 0.25) is 0 Å². The third-order valence-electron chi connectivity index (χ3n) is 3.73. The first-order valence-electron chi connectivity index (χ1n) is 7.55. The van der Waals surface area contributed by atoms with Crippen molar-refractivity contribution in [2.24, 2.45) is 0 Å². The van der Waals surface area contributed by atoms with Gasteiger partial charge in [-0.3, -0.25) is 9.48 Å². The topological polar surface area (TPSA) is 76.4 Å². The highest BCUT2D eigenvalue weighted by molar-refractivity contribution is 5.76. The molecule has 0 saturated carbocycles. The largest absolute Gasteiger partial charge is 0.471 e. The van der Waals surface area contributed by atoms with E-state index in [2.05, 4.69) is 15.3 Å². The molecule has 3 rings (SSSR count). The summed E-state index contributed by atoms with van der Waals surface area (Å²) in [5, 5.41) is 12.2. The number of nitrogens with zero attached hydrogens (tertiary/aromatic N) is 6. The molecule has 23 heavy (non-hydrogen) atoms. The Labute approximate surface area is 134 Å². The van der Waals surface area contributed by atoms with E-state index in [0.717, 1.165) is 12.2 Å². The van der Waals surface area contributed by atoms with Crippen LogP contribution in [0.3, 0.4) is 0 Å². The molecule has 0 N–H and O–H groups in total. The van der Waals surface area contributed by atoms with Gasteiger partial charge in [0.25, 0.3) is 0 Å². The minimum absolute atomic E-state index is 0.0453. The van der Waals surface area contributed by atoms with Crippen LogP contribution < -0.4 is 9.64 Å². The van der Waals surface area contributed by atoms with Gasteiger partial charge in [-0.15, -0.1) is 10.2 Å². The quantitative estimate of drug-likeness (QED) is 0.796. The number of likely N-dealkylation sites (tertiary alicyclic amines) is 1. The number of rotatable bonds is 5. The summed E-state index contributed by atoms with van der Waals surface area (Å²) >= 11 is 0. The molecule has 8 nitrogen and oxygen atoms in total. The maximum absolute atomic E-state index is 12.2. The van der Waals surface area contributed by atoms with Crippen molar-refractivity contribution >= 4 is 11.7 Å². The first-order chi connectivity index (χ1) is 11.1. The lowest BCUT2D eigenvalue weighted by Crippen LogP contribution is -2.33. The third kappa shape index (κ3) is 3.77. The van der Waals surface area contributed by atoms with Crippen molar-refractivity contribution in [1.82, 2.24) is 24.9 Å². The zero-order valence-electron chi connectivity index (χ0n) is 13.3. The van der Waals surface area contributed by atoms with Crippen molar-refractivity contribution in [2.45, 2.75) is 19.1 Å². The molecule has 8 heteroatoms. The molecule has 1 saturated heterocycles. The molecule has 1 amide bonds. The Morgan fingerprint density at radius 2 is 2.26 bits per heavy atom. The minimum atomic E-state index is -0.0453. The van der Waals surface area contributed by atoms with Gasteiger partial charge in [0.15, 0.2) is 5.82 Å². The summed E-state index contributed by atoms with van der Waals surface area (Å²) in [4.78, 5) is 15.9. The molecule has 0 unspecified atom stereocenters. The van der Waals surface area contributed by atoms with Gasteiger partial charge in [0.1, 0.15) is 12.6 Å². The number of carbonyl (C=O) groups excluding carboxylic acids is 1. The predicted molar refractivity (Wildman–Crippen MR) is 84.2 cm³/mol. The van der Waals surface area contributed by atoms with E-state index >= 15 is 0 Å². The Hall–Kier alpha value is -2.64. The van der Waals surface area contributed by atoms with Gasteiger partial charge in [-0.2, -0.15) is 5.10 Å². The van der Waals surface area contributed by atoms with E-state index in [1.165, 1.54) is 0 Å². The van der Waals surface area contributed by atoms with Crippen LogP contribution in [0.1, 0.15) is 6.42 Å². The summed E-state index contributed by atoms with van der Waals surface area (Å²) < 4.78 is 7.44. The monoisotopic (exact) mass is 316 g/mol. The van der Waals surface area contributed by atoms with E-state index in [4.69, 9.17) is 4.74 Å². The first kappa shape index (κ1) is 15.3. The summed E-state index contributed by atoms with van der Waals surface area (Å²) in [6, 6.07) is 5.47. The normalized spacial score (nSPS) is 17.3. The molecule has 3 heterocycles. The van der Waals surface area contributed by atoms with Crippen LogP contribution in [0, 0.1) is 0 Å². The Bertz CT molecular complexity index is 640. The minimum Gasteiger partial charge on any atom is -0.471 e. The average Bonchev–Trinajstić information content (AvgIpc) is 3.19. The van der Waals surface area contributed by atoms with Gasteiger partial charge in [0, 0.05) is 45.5 Å². The van der Waals surface area contributed by atoms with Crippen LogP contribution >= 0.6 is 0 Å². The van der Waals surface area contributed by atoms with Gasteiger partial charge in [-0.1, -0.05) is 0 Å².